The minimum absolute atomic E-state index is 0.422. The van der Waals surface area contributed by atoms with Crippen LogP contribution in [0.2, 0.25) is 5.02 Å². The van der Waals surface area contributed by atoms with Gasteiger partial charge in [0.15, 0.2) is 11.3 Å². The van der Waals surface area contributed by atoms with Crippen LogP contribution in [0, 0.1) is 12.1 Å². The molecule has 20 heavy (non-hydrogen) atoms. The third-order valence-corrected chi connectivity index (χ3v) is 3.84. The molecule has 0 bridgehead atoms. The Balaban J connectivity index is 2.24. The third-order valence-electron chi connectivity index (χ3n) is 3.09. The standard InChI is InChI=1S/C15H15Cl2NO2/c1-11-3-4-13(16)14(9-11)18(19)10-12-5-7-15(17,20-2)8-6-12/h3-7,9-10H,8H2,1-2H3. The monoisotopic (exact) mass is 311 g/mol. The number of nitrogens with zero attached hydrogens (tertiary/aromatic N) is 1. The van der Waals surface area contributed by atoms with Gasteiger partial charge in [-0.15, -0.1) is 0 Å². The molecule has 1 unspecified atom stereocenters. The zero-order valence-corrected chi connectivity index (χ0v) is 12.8. The first-order valence-corrected chi connectivity index (χ1v) is 6.90. The van der Waals surface area contributed by atoms with Crippen LogP contribution >= 0.6 is 23.2 Å². The van der Waals surface area contributed by atoms with Gasteiger partial charge in [-0.05, 0) is 30.7 Å². The Bertz CT molecular complexity index is 608. The van der Waals surface area contributed by atoms with Crippen molar-refractivity contribution in [3.63, 3.8) is 0 Å². The number of hydrogen-bond acceptors (Lipinski definition) is 2. The van der Waals surface area contributed by atoms with Gasteiger partial charge in [-0.3, -0.25) is 0 Å². The summed E-state index contributed by atoms with van der Waals surface area (Å²) in [6.45, 7) is 1.91. The molecule has 106 valence electrons. The van der Waals surface area contributed by atoms with Crippen molar-refractivity contribution in [2.45, 2.75) is 18.4 Å². The maximum atomic E-state index is 12.2. The van der Waals surface area contributed by atoms with Crippen molar-refractivity contribution in [2.75, 3.05) is 7.11 Å². The largest absolute Gasteiger partial charge is 0.618 e. The molecule has 0 amide bonds. The maximum Gasteiger partial charge on any atom is 0.235 e. The Hall–Kier alpha value is -1.29. The maximum absolute atomic E-state index is 12.2. The molecule has 5 heteroatoms. The van der Waals surface area contributed by atoms with E-state index in [0.29, 0.717) is 17.1 Å². The summed E-state index contributed by atoms with van der Waals surface area (Å²) in [4.78, 5) is 0. The van der Waals surface area contributed by atoms with Gasteiger partial charge in [0, 0.05) is 25.2 Å². The normalized spacial score (nSPS) is 22.8. The highest BCUT2D eigenvalue weighted by molar-refractivity contribution is 6.32. The van der Waals surface area contributed by atoms with E-state index in [2.05, 4.69) is 0 Å². The highest BCUT2D eigenvalue weighted by Crippen LogP contribution is 2.29. The molecule has 1 aliphatic rings. The lowest BCUT2D eigenvalue weighted by atomic mass is 10.1. The molecule has 0 aliphatic heterocycles. The van der Waals surface area contributed by atoms with E-state index < -0.39 is 5.06 Å². The Morgan fingerprint density at radius 1 is 1.45 bits per heavy atom. The molecule has 1 aromatic rings. The number of halogens is 2. The van der Waals surface area contributed by atoms with Crippen LogP contribution < -0.4 is 0 Å². The zero-order chi connectivity index (χ0) is 14.8. The number of alkyl halides is 1. The van der Waals surface area contributed by atoms with Gasteiger partial charge >= 0.3 is 0 Å². The lowest BCUT2D eigenvalue weighted by Crippen LogP contribution is -2.22. The molecular formula is C15H15Cl2NO2. The first-order valence-electron chi connectivity index (χ1n) is 6.14. The van der Waals surface area contributed by atoms with E-state index in [1.807, 2.05) is 19.1 Å². The Labute approximate surface area is 128 Å². The van der Waals surface area contributed by atoms with Gasteiger partial charge < -0.3 is 9.94 Å². The van der Waals surface area contributed by atoms with Crippen LogP contribution in [-0.4, -0.2) is 23.1 Å². The molecular weight excluding hydrogens is 297 g/mol. The number of ether oxygens (including phenoxy) is 1. The third kappa shape index (κ3) is 3.42. The van der Waals surface area contributed by atoms with Crippen LogP contribution in [0.5, 0.6) is 0 Å². The van der Waals surface area contributed by atoms with Crippen molar-refractivity contribution < 1.29 is 9.48 Å². The summed E-state index contributed by atoms with van der Waals surface area (Å²) in [5.74, 6) is 0. The minimum atomic E-state index is -0.813. The number of methoxy groups -OCH3 is 1. The molecule has 0 fully saturated rings. The number of allylic oxidation sites excluding steroid dienone is 2. The van der Waals surface area contributed by atoms with Crippen LogP contribution in [0.4, 0.5) is 5.69 Å². The first-order chi connectivity index (χ1) is 9.43. The van der Waals surface area contributed by atoms with Crippen LogP contribution in [0.15, 0.2) is 42.0 Å². The van der Waals surface area contributed by atoms with Gasteiger partial charge in [0.1, 0.15) is 5.02 Å². The predicted octanol–water partition coefficient (Wildman–Crippen LogP) is 4.33. The molecule has 3 nitrogen and oxygen atoms in total. The quantitative estimate of drug-likeness (QED) is 0.274. The fourth-order valence-electron chi connectivity index (χ4n) is 1.86. The highest BCUT2D eigenvalue weighted by atomic mass is 35.5. The van der Waals surface area contributed by atoms with Crippen LogP contribution in [0.25, 0.3) is 0 Å². The highest BCUT2D eigenvalue weighted by Gasteiger charge is 2.24. The van der Waals surface area contributed by atoms with Gasteiger partial charge in [0.2, 0.25) is 5.69 Å². The average molecular weight is 312 g/mol. The summed E-state index contributed by atoms with van der Waals surface area (Å²) < 4.78 is 5.92. The topological polar surface area (TPSA) is 35.3 Å². The SMILES string of the molecule is COC1(Cl)C=CC(C=[N+]([O-])c2cc(C)ccc2Cl)=CC1. The van der Waals surface area contributed by atoms with Gasteiger partial charge in [-0.2, -0.15) is 4.74 Å². The molecule has 0 N–H and O–H groups in total. The second-order valence-corrected chi connectivity index (χ2v) is 5.69. The van der Waals surface area contributed by atoms with E-state index in [9.17, 15) is 5.21 Å². The lowest BCUT2D eigenvalue weighted by Gasteiger charge is -2.22. The molecule has 0 saturated carbocycles. The number of aryl methyl sites for hydroxylation is 1. The summed E-state index contributed by atoms with van der Waals surface area (Å²) in [5, 5.41) is 11.8. The van der Waals surface area contributed by atoms with E-state index in [4.69, 9.17) is 27.9 Å². The average Bonchev–Trinajstić information content (AvgIpc) is 2.44. The summed E-state index contributed by atoms with van der Waals surface area (Å²) in [6, 6.07) is 5.32. The van der Waals surface area contributed by atoms with E-state index >= 15 is 0 Å². The Kier molecular flexibility index (Phi) is 4.53. The smallest absolute Gasteiger partial charge is 0.235 e. The molecule has 2 rings (SSSR count). The molecule has 1 aromatic carbocycles. The molecule has 0 spiro atoms. The van der Waals surface area contributed by atoms with Gasteiger partial charge in [-0.1, -0.05) is 35.3 Å². The second kappa shape index (κ2) is 6.00. The molecule has 0 radical (unpaired) electrons. The molecule has 0 saturated heterocycles. The number of rotatable bonds is 3. The van der Waals surface area contributed by atoms with Crippen molar-refractivity contribution in [3.05, 3.63) is 57.8 Å². The van der Waals surface area contributed by atoms with Crippen LogP contribution in [-0.2, 0) is 4.74 Å². The van der Waals surface area contributed by atoms with Crippen molar-refractivity contribution in [1.82, 2.24) is 0 Å². The second-order valence-electron chi connectivity index (χ2n) is 4.64. The fraction of sp³-hybridized carbons (Fsp3) is 0.267. The van der Waals surface area contributed by atoms with Crippen LogP contribution in [0.3, 0.4) is 0 Å². The van der Waals surface area contributed by atoms with E-state index in [1.165, 1.54) is 6.21 Å². The van der Waals surface area contributed by atoms with Crippen molar-refractivity contribution in [3.8, 4) is 0 Å². The van der Waals surface area contributed by atoms with E-state index in [1.54, 1.807) is 31.4 Å². The minimum Gasteiger partial charge on any atom is -0.618 e. The number of benzene rings is 1. The molecule has 1 aliphatic carbocycles. The lowest BCUT2D eigenvalue weighted by molar-refractivity contribution is -0.354. The Morgan fingerprint density at radius 3 is 2.80 bits per heavy atom. The fourth-order valence-corrected chi connectivity index (χ4v) is 2.20. The van der Waals surface area contributed by atoms with Gasteiger partial charge in [0.25, 0.3) is 0 Å². The van der Waals surface area contributed by atoms with Crippen molar-refractivity contribution in [2.24, 2.45) is 0 Å². The molecule has 1 atom stereocenters. The van der Waals surface area contributed by atoms with Crippen molar-refractivity contribution >= 4 is 35.1 Å². The summed E-state index contributed by atoms with van der Waals surface area (Å²) in [5.41, 5.74) is 2.17. The van der Waals surface area contributed by atoms with E-state index in [0.717, 1.165) is 15.9 Å². The van der Waals surface area contributed by atoms with Gasteiger partial charge in [-0.25, -0.2) is 0 Å². The Morgan fingerprint density at radius 2 is 2.20 bits per heavy atom. The molecule has 0 heterocycles. The van der Waals surface area contributed by atoms with E-state index in [-0.39, 0.29) is 0 Å². The summed E-state index contributed by atoms with van der Waals surface area (Å²) in [7, 11) is 1.55. The van der Waals surface area contributed by atoms with Crippen LogP contribution in [0.1, 0.15) is 12.0 Å². The van der Waals surface area contributed by atoms with Crippen molar-refractivity contribution in [1.29, 1.82) is 0 Å². The zero-order valence-electron chi connectivity index (χ0n) is 11.3. The summed E-state index contributed by atoms with van der Waals surface area (Å²) >= 11 is 12.2. The summed E-state index contributed by atoms with van der Waals surface area (Å²) in [6.07, 6.45) is 7.32. The van der Waals surface area contributed by atoms with Gasteiger partial charge in [0.05, 0.1) is 0 Å². The first kappa shape index (κ1) is 15.1. The number of hydrogen-bond donors (Lipinski definition) is 0. The molecule has 0 aromatic heterocycles. The predicted molar refractivity (Wildman–Crippen MR) is 83.0 cm³/mol.